The van der Waals surface area contributed by atoms with Crippen LogP contribution in [0.5, 0.6) is 11.5 Å². The number of phenolic OH excluding ortho intramolecular Hbond substituents is 1. The van der Waals surface area contributed by atoms with Crippen LogP contribution in [0.1, 0.15) is 74.9 Å². The molecule has 1 unspecified atom stereocenters. The first-order valence-corrected chi connectivity index (χ1v) is 9.52. The number of allylic oxidation sites excluding steroid dienone is 4. The largest absolute Gasteiger partial charge is 0.506 e. The van der Waals surface area contributed by atoms with Gasteiger partial charge in [0.1, 0.15) is 29.3 Å². The van der Waals surface area contributed by atoms with E-state index in [1.54, 1.807) is 0 Å². The molecule has 0 bridgehead atoms. The Morgan fingerprint density at radius 3 is 2.78 bits per heavy atom. The van der Waals surface area contributed by atoms with E-state index in [0.29, 0.717) is 16.9 Å². The van der Waals surface area contributed by atoms with Crippen LogP contribution >= 0.6 is 0 Å². The molecule has 144 valence electrons. The van der Waals surface area contributed by atoms with E-state index in [-0.39, 0.29) is 17.9 Å². The Morgan fingerprint density at radius 1 is 1.26 bits per heavy atom. The molecule has 0 aromatic heterocycles. The summed E-state index contributed by atoms with van der Waals surface area (Å²) in [5, 5.41) is 10.4. The molecule has 3 rings (SSSR count). The number of carbonyl (C=O) groups is 1. The number of cyclic esters (lactones) is 1. The Hall–Kier alpha value is -2.49. The topological polar surface area (TPSA) is 55.8 Å². The Kier molecular flexibility index (Phi) is 5.45. The van der Waals surface area contributed by atoms with Gasteiger partial charge in [-0.15, -0.1) is 0 Å². The maximum absolute atomic E-state index is 11.8. The molecule has 0 aliphatic carbocycles. The van der Waals surface area contributed by atoms with Gasteiger partial charge in [0.15, 0.2) is 0 Å². The van der Waals surface area contributed by atoms with Crippen molar-refractivity contribution in [3.05, 3.63) is 52.1 Å². The zero-order chi connectivity index (χ0) is 19.6. The Labute approximate surface area is 161 Å². The smallest absolute Gasteiger partial charge is 0.342 e. The van der Waals surface area contributed by atoms with Crippen molar-refractivity contribution < 1.29 is 19.4 Å². The molecule has 0 saturated heterocycles. The third-order valence-corrected chi connectivity index (χ3v) is 5.12. The number of fused-ring (bicyclic) bond motifs is 2. The van der Waals surface area contributed by atoms with Gasteiger partial charge in [0, 0.05) is 5.56 Å². The predicted octanol–water partition coefficient (Wildman–Crippen LogP) is 5.70. The monoisotopic (exact) mass is 368 g/mol. The summed E-state index contributed by atoms with van der Waals surface area (Å²) in [5.41, 5.74) is 3.82. The minimum Gasteiger partial charge on any atom is -0.506 e. The van der Waals surface area contributed by atoms with E-state index in [0.717, 1.165) is 25.7 Å². The summed E-state index contributed by atoms with van der Waals surface area (Å²) in [5.74, 6) is 0.0953. The molecule has 1 aromatic carbocycles. The molecule has 1 N–H and O–H groups in total. The van der Waals surface area contributed by atoms with Gasteiger partial charge < -0.3 is 14.6 Å². The molecule has 1 atom stereocenters. The molecule has 0 radical (unpaired) electrons. The Balaban J connectivity index is 1.66. The first-order valence-electron chi connectivity index (χ1n) is 9.52. The van der Waals surface area contributed by atoms with Crippen molar-refractivity contribution >= 4 is 12.0 Å². The van der Waals surface area contributed by atoms with Gasteiger partial charge >= 0.3 is 5.97 Å². The van der Waals surface area contributed by atoms with E-state index in [4.69, 9.17) is 9.47 Å². The van der Waals surface area contributed by atoms with Crippen LogP contribution in [-0.2, 0) is 11.3 Å². The minimum absolute atomic E-state index is 0.0432. The summed E-state index contributed by atoms with van der Waals surface area (Å²) in [6.45, 7) is 8.66. The highest BCUT2D eigenvalue weighted by Crippen LogP contribution is 2.43. The molecule has 27 heavy (non-hydrogen) atoms. The fraction of sp³-hybridized carbons (Fsp3) is 0.435. The van der Waals surface area contributed by atoms with Gasteiger partial charge in [-0.3, -0.25) is 0 Å². The maximum Gasteiger partial charge on any atom is 0.342 e. The van der Waals surface area contributed by atoms with Crippen LogP contribution in [0.25, 0.3) is 6.08 Å². The predicted molar refractivity (Wildman–Crippen MR) is 107 cm³/mol. The SMILES string of the molecule is CC(C)=CCC/C(C)=C/CCC1(C)C=Cc2c(cc3c(c2O)C(=O)OC3)O1. The number of ether oxygens (including phenoxy) is 2. The zero-order valence-corrected chi connectivity index (χ0v) is 16.6. The zero-order valence-electron chi connectivity index (χ0n) is 16.6. The number of rotatable bonds is 6. The van der Waals surface area contributed by atoms with Crippen LogP contribution in [-0.4, -0.2) is 16.7 Å². The lowest BCUT2D eigenvalue weighted by molar-refractivity contribution is 0.0533. The fourth-order valence-electron chi connectivity index (χ4n) is 3.49. The number of hydrogen-bond acceptors (Lipinski definition) is 4. The summed E-state index contributed by atoms with van der Waals surface area (Å²) in [6.07, 6.45) is 12.3. The Bertz CT molecular complexity index is 840. The summed E-state index contributed by atoms with van der Waals surface area (Å²) in [4.78, 5) is 11.8. The molecule has 0 amide bonds. The Morgan fingerprint density at radius 2 is 2.04 bits per heavy atom. The second-order valence-corrected chi connectivity index (χ2v) is 7.90. The van der Waals surface area contributed by atoms with E-state index in [2.05, 4.69) is 32.9 Å². The minimum atomic E-state index is -0.472. The van der Waals surface area contributed by atoms with Crippen molar-refractivity contribution in [1.29, 1.82) is 0 Å². The van der Waals surface area contributed by atoms with Crippen LogP contribution in [0.2, 0.25) is 0 Å². The van der Waals surface area contributed by atoms with E-state index in [1.807, 2.05) is 25.1 Å². The molecule has 2 heterocycles. The molecule has 4 nitrogen and oxygen atoms in total. The number of benzene rings is 1. The molecule has 0 spiro atoms. The van der Waals surface area contributed by atoms with Gasteiger partial charge in [0.05, 0.1) is 5.56 Å². The number of phenols is 1. The highest BCUT2D eigenvalue weighted by Gasteiger charge is 2.33. The van der Waals surface area contributed by atoms with Crippen LogP contribution < -0.4 is 4.74 Å². The van der Waals surface area contributed by atoms with Gasteiger partial charge in [-0.1, -0.05) is 23.3 Å². The average Bonchev–Trinajstić information content (AvgIpc) is 2.95. The molecule has 1 aromatic rings. The standard InChI is InChI=1S/C23H28O4/c1-15(2)7-5-8-16(3)9-6-11-23(4)12-10-18-19(27-23)13-17-14-26-22(25)20(17)21(18)24/h7,9-10,12-13,24H,5-6,8,11,14H2,1-4H3/b16-9+. The van der Waals surface area contributed by atoms with E-state index in [9.17, 15) is 9.90 Å². The van der Waals surface area contributed by atoms with Gasteiger partial charge in [0.2, 0.25) is 0 Å². The summed E-state index contributed by atoms with van der Waals surface area (Å²) in [7, 11) is 0. The maximum atomic E-state index is 11.8. The van der Waals surface area contributed by atoms with E-state index < -0.39 is 11.6 Å². The first-order chi connectivity index (χ1) is 12.8. The summed E-state index contributed by atoms with van der Waals surface area (Å²) in [6, 6.07) is 1.82. The first kappa shape index (κ1) is 19.3. The molecular formula is C23H28O4. The van der Waals surface area contributed by atoms with Crippen molar-refractivity contribution in [1.82, 2.24) is 0 Å². The van der Waals surface area contributed by atoms with Crippen molar-refractivity contribution in [2.75, 3.05) is 0 Å². The number of esters is 1. The molecule has 2 aliphatic heterocycles. The lowest BCUT2D eigenvalue weighted by Gasteiger charge is -2.32. The third-order valence-electron chi connectivity index (χ3n) is 5.12. The van der Waals surface area contributed by atoms with Gasteiger partial charge in [-0.25, -0.2) is 4.79 Å². The quantitative estimate of drug-likeness (QED) is 0.517. The van der Waals surface area contributed by atoms with Crippen LogP contribution in [0.4, 0.5) is 0 Å². The molecule has 0 saturated carbocycles. The van der Waals surface area contributed by atoms with Crippen molar-refractivity contribution in [2.24, 2.45) is 0 Å². The normalized spacial score (nSPS) is 20.6. The molecule has 4 heteroatoms. The number of hydrogen-bond donors (Lipinski definition) is 1. The molecular weight excluding hydrogens is 340 g/mol. The highest BCUT2D eigenvalue weighted by molar-refractivity contribution is 5.98. The van der Waals surface area contributed by atoms with Crippen LogP contribution in [0, 0.1) is 0 Å². The van der Waals surface area contributed by atoms with Crippen LogP contribution in [0.3, 0.4) is 0 Å². The third kappa shape index (κ3) is 4.26. The number of aromatic hydroxyl groups is 1. The fourth-order valence-corrected chi connectivity index (χ4v) is 3.49. The second-order valence-electron chi connectivity index (χ2n) is 7.90. The van der Waals surface area contributed by atoms with Crippen molar-refractivity contribution in [3.8, 4) is 11.5 Å². The van der Waals surface area contributed by atoms with E-state index in [1.165, 1.54) is 11.1 Å². The summed E-state index contributed by atoms with van der Waals surface area (Å²) >= 11 is 0. The van der Waals surface area contributed by atoms with Crippen LogP contribution in [0.15, 0.2) is 35.4 Å². The van der Waals surface area contributed by atoms with Gasteiger partial charge in [-0.2, -0.15) is 0 Å². The summed E-state index contributed by atoms with van der Waals surface area (Å²) < 4.78 is 11.2. The lowest BCUT2D eigenvalue weighted by Crippen LogP contribution is -2.31. The number of carbonyl (C=O) groups excluding carboxylic acids is 1. The van der Waals surface area contributed by atoms with Crippen molar-refractivity contribution in [3.63, 3.8) is 0 Å². The van der Waals surface area contributed by atoms with Crippen molar-refractivity contribution in [2.45, 2.75) is 65.6 Å². The van der Waals surface area contributed by atoms with Gasteiger partial charge in [-0.05, 0) is 71.6 Å². The lowest BCUT2D eigenvalue weighted by atomic mass is 9.92. The molecule has 2 aliphatic rings. The molecule has 0 fully saturated rings. The highest BCUT2D eigenvalue weighted by atomic mass is 16.5. The van der Waals surface area contributed by atoms with E-state index >= 15 is 0 Å². The van der Waals surface area contributed by atoms with Gasteiger partial charge in [0.25, 0.3) is 0 Å². The second kappa shape index (κ2) is 7.63. The average molecular weight is 368 g/mol.